The Morgan fingerprint density at radius 2 is 2.09 bits per heavy atom. The van der Waals surface area contributed by atoms with E-state index in [2.05, 4.69) is 0 Å². The molecular weight excluding hydrogens is 280 g/mol. The molecule has 2 unspecified atom stereocenters. The average molecular weight is 304 g/mol. The Hall–Kier alpha value is -1.84. The lowest BCUT2D eigenvalue weighted by atomic mass is 9.81. The first-order chi connectivity index (χ1) is 10.5. The number of carbonyl (C=O) groups is 2. The second-order valence-corrected chi connectivity index (χ2v) is 5.89. The van der Waals surface area contributed by atoms with Crippen molar-refractivity contribution in [3.63, 3.8) is 0 Å². The van der Waals surface area contributed by atoms with Gasteiger partial charge in [-0.3, -0.25) is 4.79 Å². The molecule has 0 spiro atoms. The molecule has 1 saturated carbocycles. The Balaban J connectivity index is 2.16. The second kappa shape index (κ2) is 6.95. The molecule has 2 rings (SSSR count). The van der Waals surface area contributed by atoms with Crippen LogP contribution < -0.4 is 0 Å². The smallest absolute Gasteiger partial charge is 0.338 e. The number of benzene rings is 1. The predicted octanol–water partition coefficient (Wildman–Crippen LogP) is 3.66. The molecule has 1 aromatic rings. The van der Waals surface area contributed by atoms with Gasteiger partial charge in [0.15, 0.2) is 0 Å². The Labute approximate surface area is 131 Å². The lowest BCUT2D eigenvalue weighted by Gasteiger charge is -2.31. The van der Waals surface area contributed by atoms with Crippen LogP contribution in [0.4, 0.5) is 0 Å². The van der Waals surface area contributed by atoms with Crippen LogP contribution in [0.5, 0.6) is 0 Å². The van der Waals surface area contributed by atoms with Crippen molar-refractivity contribution in [3.8, 4) is 0 Å². The van der Waals surface area contributed by atoms with Crippen molar-refractivity contribution in [1.29, 1.82) is 0 Å². The minimum absolute atomic E-state index is 0.239. The van der Waals surface area contributed by atoms with Gasteiger partial charge >= 0.3 is 11.9 Å². The molecule has 4 nitrogen and oxygen atoms in total. The number of hydrogen-bond donors (Lipinski definition) is 0. The van der Waals surface area contributed by atoms with E-state index >= 15 is 0 Å². The highest BCUT2D eigenvalue weighted by Gasteiger charge is 2.51. The quantitative estimate of drug-likeness (QED) is 0.779. The Morgan fingerprint density at radius 3 is 2.73 bits per heavy atom. The highest BCUT2D eigenvalue weighted by molar-refractivity contribution is 5.90. The fourth-order valence-corrected chi connectivity index (χ4v) is 3.24. The number of aryl methyl sites for hydroxylation is 1. The van der Waals surface area contributed by atoms with Gasteiger partial charge in [-0.2, -0.15) is 0 Å². The molecule has 0 N–H and O–H groups in total. The van der Waals surface area contributed by atoms with Crippen LogP contribution in [-0.2, 0) is 14.3 Å². The van der Waals surface area contributed by atoms with E-state index in [0.717, 1.165) is 12.0 Å². The van der Waals surface area contributed by atoms with Gasteiger partial charge in [-0.25, -0.2) is 4.79 Å². The number of esters is 2. The van der Waals surface area contributed by atoms with Crippen molar-refractivity contribution in [2.45, 2.75) is 52.6 Å². The van der Waals surface area contributed by atoms with Gasteiger partial charge in [0, 0.05) is 0 Å². The van der Waals surface area contributed by atoms with Crippen molar-refractivity contribution in [1.82, 2.24) is 0 Å². The van der Waals surface area contributed by atoms with E-state index in [1.807, 2.05) is 26.0 Å². The van der Waals surface area contributed by atoms with E-state index in [-0.39, 0.29) is 11.9 Å². The molecule has 22 heavy (non-hydrogen) atoms. The van der Waals surface area contributed by atoms with Crippen LogP contribution in [-0.4, -0.2) is 24.6 Å². The van der Waals surface area contributed by atoms with E-state index in [1.165, 1.54) is 0 Å². The molecule has 0 amide bonds. The topological polar surface area (TPSA) is 52.6 Å². The zero-order valence-electron chi connectivity index (χ0n) is 13.6. The number of rotatable bonds is 5. The molecule has 1 fully saturated rings. The van der Waals surface area contributed by atoms with E-state index in [4.69, 9.17) is 9.47 Å². The summed E-state index contributed by atoms with van der Waals surface area (Å²) < 4.78 is 10.9. The Kier molecular flexibility index (Phi) is 5.22. The summed E-state index contributed by atoms with van der Waals surface area (Å²) in [6.45, 7) is 6.03. The van der Waals surface area contributed by atoms with Crippen molar-refractivity contribution >= 4 is 11.9 Å². The van der Waals surface area contributed by atoms with E-state index in [0.29, 0.717) is 31.4 Å². The Morgan fingerprint density at radius 1 is 1.32 bits per heavy atom. The molecule has 0 aliphatic heterocycles. The first-order valence-corrected chi connectivity index (χ1v) is 7.98. The van der Waals surface area contributed by atoms with Crippen LogP contribution in [0.1, 0.15) is 55.5 Å². The zero-order valence-corrected chi connectivity index (χ0v) is 13.6. The summed E-state index contributed by atoms with van der Waals surface area (Å²) in [4.78, 5) is 24.7. The fraction of sp³-hybridized carbons (Fsp3) is 0.556. The highest BCUT2D eigenvalue weighted by atomic mass is 16.6. The molecule has 0 aromatic heterocycles. The average Bonchev–Trinajstić information content (AvgIpc) is 2.91. The van der Waals surface area contributed by atoms with Crippen molar-refractivity contribution in [2.75, 3.05) is 6.61 Å². The normalized spacial score (nSPS) is 24.0. The van der Waals surface area contributed by atoms with Gasteiger partial charge in [-0.05, 0) is 51.7 Å². The van der Waals surface area contributed by atoms with Crippen LogP contribution in [0.15, 0.2) is 24.3 Å². The second-order valence-electron chi connectivity index (χ2n) is 5.89. The molecular formula is C18H24O4. The maximum atomic E-state index is 12.4. The first kappa shape index (κ1) is 16.5. The largest absolute Gasteiger partial charge is 0.465 e. The molecule has 1 aromatic carbocycles. The molecule has 1 aliphatic carbocycles. The van der Waals surface area contributed by atoms with Crippen molar-refractivity contribution in [2.24, 2.45) is 5.41 Å². The van der Waals surface area contributed by atoms with Crippen LogP contribution in [0, 0.1) is 12.3 Å². The third-order valence-corrected chi connectivity index (χ3v) is 4.52. The first-order valence-electron chi connectivity index (χ1n) is 7.98. The van der Waals surface area contributed by atoms with E-state index in [1.54, 1.807) is 19.1 Å². The summed E-state index contributed by atoms with van der Waals surface area (Å²) in [5.41, 5.74) is 0.851. The SMILES string of the molecule is CCOC(=O)C1(CC)CCCC1OC(=O)c1cccc(C)c1. The summed E-state index contributed by atoms with van der Waals surface area (Å²) in [7, 11) is 0. The Bertz CT molecular complexity index is 552. The highest BCUT2D eigenvalue weighted by Crippen LogP contribution is 2.44. The standard InChI is InChI=1S/C18H24O4/c1-4-18(17(20)21-5-2)11-7-10-15(18)22-16(19)14-9-6-8-13(3)12-14/h6,8-9,12,15H,4-5,7,10-11H2,1-3H3. The van der Waals surface area contributed by atoms with E-state index < -0.39 is 11.5 Å². The minimum atomic E-state index is -0.685. The van der Waals surface area contributed by atoms with Gasteiger partial charge in [-0.1, -0.05) is 24.6 Å². The maximum absolute atomic E-state index is 12.4. The van der Waals surface area contributed by atoms with Gasteiger partial charge < -0.3 is 9.47 Å². The van der Waals surface area contributed by atoms with E-state index in [9.17, 15) is 9.59 Å². The van der Waals surface area contributed by atoms with Crippen molar-refractivity contribution < 1.29 is 19.1 Å². The zero-order chi connectivity index (χ0) is 16.2. The molecule has 0 heterocycles. The summed E-state index contributed by atoms with van der Waals surface area (Å²) in [6.07, 6.45) is 2.53. The molecule has 120 valence electrons. The monoisotopic (exact) mass is 304 g/mol. The van der Waals surface area contributed by atoms with Gasteiger partial charge in [-0.15, -0.1) is 0 Å². The third-order valence-electron chi connectivity index (χ3n) is 4.52. The predicted molar refractivity (Wildman–Crippen MR) is 83.6 cm³/mol. The molecule has 0 radical (unpaired) electrons. The minimum Gasteiger partial charge on any atom is -0.465 e. The van der Waals surface area contributed by atoms with Crippen LogP contribution in [0.3, 0.4) is 0 Å². The number of hydrogen-bond acceptors (Lipinski definition) is 4. The molecule has 1 aliphatic rings. The molecule has 2 atom stereocenters. The summed E-state index contributed by atoms with van der Waals surface area (Å²) in [5, 5.41) is 0. The molecule has 4 heteroatoms. The molecule has 0 saturated heterocycles. The summed E-state index contributed by atoms with van der Waals surface area (Å²) in [6, 6.07) is 7.30. The molecule has 0 bridgehead atoms. The van der Waals surface area contributed by atoms with Crippen molar-refractivity contribution in [3.05, 3.63) is 35.4 Å². The van der Waals surface area contributed by atoms with Crippen LogP contribution >= 0.6 is 0 Å². The number of ether oxygens (including phenoxy) is 2. The maximum Gasteiger partial charge on any atom is 0.338 e. The van der Waals surface area contributed by atoms with Gasteiger partial charge in [0.05, 0.1) is 12.2 Å². The van der Waals surface area contributed by atoms with Gasteiger partial charge in [0.1, 0.15) is 11.5 Å². The van der Waals surface area contributed by atoms with Gasteiger partial charge in [0.2, 0.25) is 0 Å². The lowest BCUT2D eigenvalue weighted by Crippen LogP contribution is -2.41. The van der Waals surface area contributed by atoms with Crippen LogP contribution in [0.2, 0.25) is 0 Å². The summed E-state index contributed by atoms with van der Waals surface area (Å²) in [5.74, 6) is -0.602. The lowest BCUT2D eigenvalue weighted by molar-refractivity contribution is -0.161. The summed E-state index contributed by atoms with van der Waals surface area (Å²) >= 11 is 0. The van der Waals surface area contributed by atoms with Crippen LogP contribution in [0.25, 0.3) is 0 Å². The van der Waals surface area contributed by atoms with Gasteiger partial charge in [0.25, 0.3) is 0 Å². The fourth-order valence-electron chi connectivity index (χ4n) is 3.24. The third kappa shape index (κ3) is 3.16. The number of carbonyl (C=O) groups excluding carboxylic acids is 2.